The first-order chi connectivity index (χ1) is 9.16. The third kappa shape index (κ3) is 1.66. The molecule has 5 heteroatoms. The van der Waals surface area contributed by atoms with Gasteiger partial charge in [-0.2, -0.15) is 10.1 Å². The molecule has 5 nitrogen and oxygen atoms in total. The summed E-state index contributed by atoms with van der Waals surface area (Å²) in [5, 5.41) is 19.8. The van der Waals surface area contributed by atoms with Crippen molar-refractivity contribution in [3.63, 3.8) is 0 Å². The topological polar surface area (TPSA) is 67.4 Å². The molecule has 2 aromatic rings. The monoisotopic (exact) mass is 256 g/mol. The van der Waals surface area contributed by atoms with E-state index in [1.54, 1.807) is 41.9 Å². The number of nitrogens with zero attached hydrogens (tertiary/aromatic N) is 2. The minimum atomic E-state index is -1.68. The minimum Gasteiger partial charge on any atom is -0.356 e. The van der Waals surface area contributed by atoms with Gasteiger partial charge >= 0.3 is 0 Å². The van der Waals surface area contributed by atoms with E-state index >= 15 is 0 Å². The first-order valence-corrected chi connectivity index (χ1v) is 5.84. The number of rotatable bonds is 1. The molecular formula is C14H12N2O3. The first-order valence-electron chi connectivity index (χ1n) is 5.84. The van der Waals surface area contributed by atoms with E-state index in [1.807, 2.05) is 6.07 Å². The molecule has 1 unspecified atom stereocenters. The molecule has 0 spiro atoms. The van der Waals surface area contributed by atoms with E-state index in [0.717, 1.165) is 5.69 Å². The fourth-order valence-electron chi connectivity index (χ4n) is 2.30. The number of aliphatic hydroxyl groups is 1. The van der Waals surface area contributed by atoms with Crippen molar-refractivity contribution in [2.75, 3.05) is 0 Å². The normalized spacial score (nSPS) is 21.7. The van der Waals surface area contributed by atoms with E-state index in [2.05, 4.69) is 6.07 Å². The molecule has 0 bridgehead atoms. The van der Waals surface area contributed by atoms with Gasteiger partial charge in [0.25, 0.3) is 5.79 Å². The second-order valence-corrected chi connectivity index (χ2v) is 4.42. The molecule has 19 heavy (non-hydrogen) atoms. The molecule has 0 amide bonds. The Balaban J connectivity index is 2.21. The summed E-state index contributed by atoms with van der Waals surface area (Å²) in [5.74, 6) is -1.68. The lowest BCUT2D eigenvalue weighted by atomic mass is 9.97. The highest BCUT2D eigenvalue weighted by atomic mass is 17.2. The van der Waals surface area contributed by atoms with Crippen LogP contribution in [-0.4, -0.2) is 9.67 Å². The van der Waals surface area contributed by atoms with Crippen molar-refractivity contribution in [2.45, 2.75) is 12.4 Å². The van der Waals surface area contributed by atoms with Crippen LogP contribution in [-0.2, 0) is 29.2 Å². The van der Waals surface area contributed by atoms with Gasteiger partial charge < -0.3 is 9.67 Å². The van der Waals surface area contributed by atoms with Crippen LogP contribution in [0.5, 0.6) is 0 Å². The van der Waals surface area contributed by atoms with Gasteiger partial charge in [0, 0.05) is 18.2 Å². The summed E-state index contributed by atoms with van der Waals surface area (Å²) in [5.41, 5.74) is 2.29. The Morgan fingerprint density at radius 2 is 2.11 bits per heavy atom. The molecule has 0 saturated heterocycles. The van der Waals surface area contributed by atoms with Crippen LogP contribution in [0.2, 0.25) is 0 Å². The molecule has 1 aromatic carbocycles. The predicted octanol–water partition coefficient (Wildman–Crippen LogP) is 1.55. The Morgan fingerprint density at radius 1 is 1.37 bits per heavy atom. The van der Waals surface area contributed by atoms with Crippen LogP contribution in [0, 0.1) is 11.3 Å². The lowest BCUT2D eigenvalue weighted by Gasteiger charge is -2.31. The SMILES string of the molecule is Cn1c(C#N)cc2c1COOC2(O)c1ccccc1. The third-order valence-electron chi connectivity index (χ3n) is 3.38. The number of nitriles is 1. The molecule has 1 atom stereocenters. The summed E-state index contributed by atoms with van der Waals surface area (Å²) in [4.78, 5) is 10.1. The van der Waals surface area contributed by atoms with Crippen molar-refractivity contribution in [3.8, 4) is 6.07 Å². The Kier molecular flexibility index (Phi) is 2.64. The zero-order valence-electron chi connectivity index (χ0n) is 10.3. The van der Waals surface area contributed by atoms with E-state index in [9.17, 15) is 5.11 Å². The molecule has 0 radical (unpaired) electrons. The Labute approximate surface area is 110 Å². The minimum absolute atomic E-state index is 0.197. The van der Waals surface area contributed by atoms with E-state index in [0.29, 0.717) is 16.8 Å². The van der Waals surface area contributed by atoms with Crippen LogP contribution in [0.25, 0.3) is 0 Å². The number of benzene rings is 1. The van der Waals surface area contributed by atoms with E-state index < -0.39 is 5.79 Å². The molecule has 0 fully saturated rings. The number of aromatic nitrogens is 1. The van der Waals surface area contributed by atoms with Crippen LogP contribution in [0.3, 0.4) is 0 Å². The van der Waals surface area contributed by atoms with Gasteiger partial charge in [-0.15, -0.1) is 0 Å². The van der Waals surface area contributed by atoms with Gasteiger partial charge in [-0.25, -0.2) is 4.89 Å². The summed E-state index contributed by atoms with van der Waals surface area (Å²) >= 11 is 0. The zero-order chi connectivity index (χ0) is 13.5. The van der Waals surface area contributed by atoms with E-state index in [1.165, 1.54) is 0 Å². The van der Waals surface area contributed by atoms with Gasteiger partial charge in [-0.05, 0) is 6.07 Å². The highest BCUT2D eigenvalue weighted by Crippen LogP contribution is 2.38. The van der Waals surface area contributed by atoms with Gasteiger partial charge in [-0.1, -0.05) is 30.3 Å². The second kappa shape index (κ2) is 4.21. The van der Waals surface area contributed by atoms with Crippen molar-refractivity contribution in [2.24, 2.45) is 7.05 Å². The summed E-state index contributed by atoms with van der Waals surface area (Å²) in [6.07, 6.45) is 0. The third-order valence-corrected chi connectivity index (χ3v) is 3.38. The highest BCUT2D eigenvalue weighted by Gasteiger charge is 2.41. The summed E-state index contributed by atoms with van der Waals surface area (Å²) < 4.78 is 1.70. The fourth-order valence-corrected chi connectivity index (χ4v) is 2.30. The summed E-state index contributed by atoms with van der Waals surface area (Å²) in [6, 6.07) is 12.7. The van der Waals surface area contributed by atoms with Gasteiger partial charge in [0.05, 0.1) is 5.69 Å². The van der Waals surface area contributed by atoms with Crippen molar-refractivity contribution >= 4 is 0 Å². The van der Waals surface area contributed by atoms with Crippen molar-refractivity contribution in [3.05, 3.63) is 58.9 Å². The first kappa shape index (κ1) is 11.9. The van der Waals surface area contributed by atoms with E-state index in [-0.39, 0.29) is 6.61 Å². The lowest BCUT2D eigenvalue weighted by Crippen LogP contribution is -2.35. The summed E-state index contributed by atoms with van der Waals surface area (Å²) in [7, 11) is 1.76. The molecule has 1 aliphatic heterocycles. The molecule has 1 aliphatic rings. The Morgan fingerprint density at radius 3 is 2.79 bits per heavy atom. The van der Waals surface area contributed by atoms with Gasteiger partial charge in [0.1, 0.15) is 18.4 Å². The molecule has 0 saturated carbocycles. The molecule has 2 heterocycles. The quantitative estimate of drug-likeness (QED) is 0.786. The van der Waals surface area contributed by atoms with Crippen molar-refractivity contribution < 1.29 is 14.9 Å². The highest BCUT2D eigenvalue weighted by molar-refractivity contribution is 5.43. The maximum absolute atomic E-state index is 10.8. The zero-order valence-corrected chi connectivity index (χ0v) is 10.3. The maximum Gasteiger partial charge on any atom is 0.253 e. The molecule has 1 N–H and O–H groups in total. The molecular weight excluding hydrogens is 244 g/mol. The maximum atomic E-state index is 10.8. The van der Waals surface area contributed by atoms with Crippen LogP contribution in [0.1, 0.15) is 22.5 Å². The molecule has 3 rings (SSSR count). The van der Waals surface area contributed by atoms with Gasteiger partial charge in [-0.3, -0.25) is 0 Å². The largest absolute Gasteiger partial charge is 0.356 e. The second-order valence-electron chi connectivity index (χ2n) is 4.42. The lowest BCUT2D eigenvalue weighted by molar-refractivity contribution is -0.429. The molecule has 1 aromatic heterocycles. The number of fused-ring (bicyclic) bond motifs is 1. The summed E-state index contributed by atoms with van der Waals surface area (Å²) in [6.45, 7) is 0.197. The molecule has 0 aliphatic carbocycles. The molecule has 96 valence electrons. The Bertz CT molecular complexity index is 657. The van der Waals surface area contributed by atoms with Crippen molar-refractivity contribution in [1.29, 1.82) is 5.26 Å². The van der Waals surface area contributed by atoms with Crippen LogP contribution in [0.4, 0.5) is 0 Å². The fraction of sp³-hybridized carbons (Fsp3) is 0.214. The van der Waals surface area contributed by atoms with Crippen molar-refractivity contribution in [1.82, 2.24) is 4.57 Å². The average molecular weight is 256 g/mol. The number of hydrogen-bond acceptors (Lipinski definition) is 4. The Hall–Kier alpha value is -2.13. The van der Waals surface area contributed by atoms with Crippen LogP contribution < -0.4 is 0 Å². The van der Waals surface area contributed by atoms with E-state index in [4.69, 9.17) is 15.0 Å². The predicted molar refractivity (Wildman–Crippen MR) is 65.4 cm³/mol. The van der Waals surface area contributed by atoms with Gasteiger partial charge in [0.2, 0.25) is 0 Å². The number of hydrogen-bond donors (Lipinski definition) is 1. The van der Waals surface area contributed by atoms with Crippen LogP contribution in [0.15, 0.2) is 36.4 Å². The average Bonchev–Trinajstić information content (AvgIpc) is 2.78. The smallest absolute Gasteiger partial charge is 0.253 e. The standard InChI is InChI=1S/C14H12N2O3/c1-16-11(8-15)7-12-13(16)9-18-19-14(12,17)10-5-3-2-4-6-10/h2-7,17H,9H2,1H3. The van der Waals surface area contributed by atoms with Gasteiger partial charge in [0.15, 0.2) is 0 Å². The van der Waals surface area contributed by atoms with Crippen LogP contribution >= 0.6 is 0 Å².